The molecule has 1 aliphatic carbocycles. The molecule has 1 aromatic carbocycles. The Balaban J connectivity index is 1.75. The summed E-state index contributed by atoms with van der Waals surface area (Å²) in [5.41, 5.74) is -1.30. The molecule has 2 aliphatic rings. The van der Waals surface area contributed by atoms with E-state index < -0.39 is 93.2 Å². The average Bonchev–Trinajstić information content (AvgIpc) is 3.34. The zero-order valence-corrected chi connectivity index (χ0v) is 36.5. The van der Waals surface area contributed by atoms with Gasteiger partial charge in [0, 0.05) is 39.1 Å². The highest BCUT2D eigenvalue weighted by Gasteiger charge is 2.70. The summed E-state index contributed by atoms with van der Waals surface area (Å²) in [5.74, 6) is -2.97. The summed E-state index contributed by atoms with van der Waals surface area (Å²) in [4.78, 5) is 69.0. The summed E-state index contributed by atoms with van der Waals surface area (Å²) < 4.78 is 58.4. The van der Waals surface area contributed by atoms with Crippen molar-refractivity contribution in [2.45, 2.75) is 125 Å². The topological polar surface area (TPSA) is 183 Å². The number of esters is 1. The quantitative estimate of drug-likeness (QED) is 0.192. The predicted molar refractivity (Wildman–Crippen MR) is 213 cm³/mol. The fraction of sp³-hybridized carbons (Fsp3) is 0.725. The first-order chi connectivity index (χ1) is 25.8. The van der Waals surface area contributed by atoms with Crippen molar-refractivity contribution >= 4 is 39.7 Å². The lowest BCUT2D eigenvalue weighted by Gasteiger charge is -2.39. The fourth-order valence-electron chi connectivity index (χ4n) is 7.15. The summed E-state index contributed by atoms with van der Waals surface area (Å²) in [7, 11) is -2.14. The Kier molecular flexibility index (Phi) is 14.6. The number of benzene rings is 1. The number of hydrogen-bond acceptors (Lipinski definition) is 8. The van der Waals surface area contributed by atoms with Crippen LogP contribution in [-0.2, 0) is 35.6 Å². The van der Waals surface area contributed by atoms with E-state index >= 15 is 0 Å². The highest BCUT2D eigenvalue weighted by atomic mass is 32.2. The molecule has 4 N–H and O–H groups in total. The molecule has 17 heteroatoms. The first kappa shape index (κ1) is 47.5. The van der Waals surface area contributed by atoms with Crippen LogP contribution in [0.4, 0.5) is 13.6 Å². The zero-order chi connectivity index (χ0) is 43.6. The molecule has 0 radical (unpaired) electrons. The van der Waals surface area contributed by atoms with Gasteiger partial charge in [-0.25, -0.2) is 31.1 Å². The monoisotopic (exact) mass is 826 g/mol. The molecule has 0 spiro atoms. The lowest BCUT2D eigenvalue weighted by Crippen LogP contribution is -2.62. The average molecular weight is 827 g/mol. The third kappa shape index (κ3) is 12.8. The molecule has 1 saturated heterocycles. The van der Waals surface area contributed by atoms with Crippen molar-refractivity contribution < 1.29 is 45.9 Å². The second-order valence-corrected chi connectivity index (χ2v) is 21.3. The Labute approximate surface area is 337 Å². The van der Waals surface area contributed by atoms with Crippen molar-refractivity contribution in [3.63, 3.8) is 0 Å². The van der Waals surface area contributed by atoms with Gasteiger partial charge in [-0.1, -0.05) is 67.5 Å². The first-order valence-electron chi connectivity index (χ1n) is 19.3. The summed E-state index contributed by atoms with van der Waals surface area (Å²) in [6.07, 6.45) is -2.49. The second-order valence-electron chi connectivity index (χ2n) is 19.2. The minimum absolute atomic E-state index is 0.0208. The van der Waals surface area contributed by atoms with E-state index in [9.17, 15) is 41.2 Å². The molecule has 1 aliphatic heterocycles. The Hall–Kier alpha value is -3.86. The van der Waals surface area contributed by atoms with Crippen molar-refractivity contribution in [2.75, 3.05) is 32.9 Å². The van der Waals surface area contributed by atoms with Crippen LogP contribution in [0.15, 0.2) is 24.3 Å². The van der Waals surface area contributed by atoms with Crippen LogP contribution in [-0.4, -0.2) is 116 Å². The lowest BCUT2D eigenvalue weighted by atomic mass is 9.85. The van der Waals surface area contributed by atoms with Crippen LogP contribution in [0.2, 0.25) is 0 Å². The largest absolute Gasteiger partial charge is 0.456 e. The smallest absolute Gasteiger partial charge is 0.338 e. The molecule has 0 bridgehead atoms. The third-order valence-corrected chi connectivity index (χ3v) is 12.1. The maximum Gasteiger partial charge on any atom is 0.338 e. The van der Waals surface area contributed by atoms with Crippen LogP contribution >= 0.6 is 0 Å². The number of amides is 5. The molecule has 2 unspecified atom stereocenters. The molecule has 322 valence electrons. The second kappa shape index (κ2) is 17.6. The summed E-state index contributed by atoms with van der Waals surface area (Å²) in [6.45, 7) is 20.2. The van der Waals surface area contributed by atoms with E-state index in [-0.39, 0.29) is 36.9 Å². The van der Waals surface area contributed by atoms with E-state index in [2.05, 4.69) is 21.3 Å². The van der Waals surface area contributed by atoms with Gasteiger partial charge in [-0.3, -0.25) is 14.4 Å². The van der Waals surface area contributed by atoms with Crippen LogP contribution in [0.25, 0.3) is 0 Å². The summed E-state index contributed by atoms with van der Waals surface area (Å²) in [6, 6.07) is 1.43. The number of alkyl halides is 2. The van der Waals surface area contributed by atoms with Crippen LogP contribution < -0.4 is 21.3 Å². The number of halogens is 2. The molecular weight excluding hydrogens is 763 g/mol. The number of rotatable bonds is 15. The van der Waals surface area contributed by atoms with E-state index in [1.165, 1.54) is 11.9 Å². The number of urea groups is 1. The van der Waals surface area contributed by atoms with Gasteiger partial charge in [0.2, 0.25) is 34.2 Å². The number of hydrogen-bond donors (Lipinski definition) is 4. The number of carbonyl (C=O) groups excluding carboxylic acids is 5. The summed E-state index contributed by atoms with van der Waals surface area (Å²) >= 11 is 0. The van der Waals surface area contributed by atoms with Gasteiger partial charge in [-0.2, -0.15) is 0 Å². The standard InChI is InChI=1S/C40H64F2N6O8S/c1-37(2,3)27(22-47(12)57(13,54)55)45-36(53)46-31(38(4,5)6)34(51)48-21-25-29(40(25,10)11)30(48)33(50)44-26(20-28(41)42)32(49)43-19-18-23-14-16-24(17-15-23)35(52)56-39(7,8)9/h14-17,25-31H,18-22H2,1-13H3,(H,43,49)(H,44,50)(H2,45,46,53)/t25?,26-,27+,29?,30-,31+/m0/s1. The van der Waals surface area contributed by atoms with Crippen molar-refractivity contribution in [3.05, 3.63) is 35.4 Å². The fourth-order valence-corrected chi connectivity index (χ4v) is 7.57. The number of fused-ring (bicyclic) bond motifs is 1. The molecule has 6 atom stereocenters. The highest BCUT2D eigenvalue weighted by Crippen LogP contribution is 2.65. The molecule has 1 aromatic rings. The molecular formula is C40H64F2N6O8S. The van der Waals surface area contributed by atoms with Crippen molar-refractivity contribution in [1.29, 1.82) is 0 Å². The number of nitrogens with one attached hydrogen (secondary N) is 4. The highest BCUT2D eigenvalue weighted by molar-refractivity contribution is 7.88. The van der Waals surface area contributed by atoms with Gasteiger partial charge in [0.25, 0.3) is 0 Å². The molecule has 14 nitrogen and oxygen atoms in total. The van der Waals surface area contributed by atoms with Gasteiger partial charge in [0.1, 0.15) is 23.7 Å². The van der Waals surface area contributed by atoms with Gasteiger partial charge in [0.05, 0.1) is 11.8 Å². The number of likely N-dealkylation sites (tertiary alicyclic amines) is 1. The molecule has 5 amide bonds. The van der Waals surface area contributed by atoms with Crippen molar-refractivity contribution in [3.8, 4) is 0 Å². The van der Waals surface area contributed by atoms with E-state index in [0.717, 1.165) is 16.1 Å². The Bertz CT molecular complexity index is 1750. The van der Waals surface area contributed by atoms with Crippen LogP contribution in [0.1, 0.15) is 98.5 Å². The molecule has 3 rings (SSSR count). The number of likely N-dealkylation sites (N-methyl/N-ethyl adjacent to an activating group) is 1. The third-order valence-electron chi connectivity index (χ3n) is 10.9. The van der Waals surface area contributed by atoms with Gasteiger partial charge in [0.15, 0.2) is 0 Å². The normalized spacial score (nSPS) is 20.9. The molecule has 1 saturated carbocycles. The number of carbonyl (C=O) groups is 5. The molecule has 1 heterocycles. The Morgan fingerprint density at radius 2 is 1.51 bits per heavy atom. The molecule has 2 fully saturated rings. The van der Waals surface area contributed by atoms with Crippen LogP contribution in [0.3, 0.4) is 0 Å². The number of piperidine rings is 1. The SMILES string of the molecule is CN(C[C@@H](NC(=O)N[C@H](C(=O)N1CC2C([C@H]1C(=O)N[C@@H](CC(F)F)C(=O)NCCc1ccc(C(=O)OC(C)(C)C)cc1)C2(C)C)C(C)(C)C)C(C)(C)C)S(C)(=O)=O. The predicted octanol–water partition coefficient (Wildman–Crippen LogP) is 3.94. The minimum Gasteiger partial charge on any atom is -0.456 e. The van der Waals surface area contributed by atoms with Gasteiger partial charge in [-0.05, 0) is 73.0 Å². The van der Waals surface area contributed by atoms with E-state index in [1.54, 1.807) is 65.8 Å². The zero-order valence-electron chi connectivity index (χ0n) is 35.7. The van der Waals surface area contributed by atoms with E-state index in [1.807, 2.05) is 34.6 Å². The van der Waals surface area contributed by atoms with Crippen LogP contribution in [0.5, 0.6) is 0 Å². The number of nitrogens with zero attached hydrogens (tertiary/aromatic N) is 2. The number of sulfonamides is 1. The number of ether oxygens (including phenoxy) is 1. The van der Waals surface area contributed by atoms with E-state index in [0.29, 0.717) is 12.0 Å². The summed E-state index contributed by atoms with van der Waals surface area (Å²) in [5, 5.41) is 10.7. The van der Waals surface area contributed by atoms with Crippen molar-refractivity contribution in [2.24, 2.45) is 28.1 Å². The maximum absolute atomic E-state index is 14.4. The van der Waals surface area contributed by atoms with Gasteiger partial charge in [-0.15, -0.1) is 0 Å². The minimum atomic E-state index is -3.55. The lowest BCUT2D eigenvalue weighted by molar-refractivity contribution is -0.144. The Morgan fingerprint density at radius 1 is 0.930 bits per heavy atom. The van der Waals surface area contributed by atoms with Crippen molar-refractivity contribution in [1.82, 2.24) is 30.5 Å². The van der Waals surface area contributed by atoms with E-state index in [4.69, 9.17) is 4.74 Å². The maximum atomic E-state index is 14.4. The molecule has 57 heavy (non-hydrogen) atoms. The van der Waals surface area contributed by atoms with Gasteiger partial charge >= 0.3 is 12.0 Å². The first-order valence-corrected chi connectivity index (χ1v) is 21.2. The van der Waals surface area contributed by atoms with Crippen LogP contribution in [0, 0.1) is 28.1 Å². The Morgan fingerprint density at radius 3 is 2.00 bits per heavy atom. The van der Waals surface area contributed by atoms with Gasteiger partial charge < -0.3 is 30.9 Å². The molecule has 0 aromatic heterocycles.